The molecular weight excluding hydrogens is 220 g/mol. The number of hydrogen-bond acceptors (Lipinski definition) is 5. The van der Waals surface area contributed by atoms with Crippen LogP contribution in [0, 0.1) is 11.3 Å². The van der Waals surface area contributed by atoms with E-state index in [1.54, 1.807) is 12.1 Å². The number of nitrogens with two attached hydrogens (primary N) is 1. The summed E-state index contributed by atoms with van der Waals surface area (Å²) in [4.78, 5) is 11.2. The molecule has 0 amide bonds. The molecule has 17 heavy (non-hydrogen) atoms. The summed E-state index contributed by atoms with van der Waals surface area (Å²) in [7, 11) is 2.82. The minimum atomic E-state index is -0.394. The number of hydrogen-bond donors (Lipinski definition) is 1. The number of rotatable bonds is 4. The fourth-order valence-corrected chi connectivity index (χ4v) is 1.59. The first-order valence-electron chi connectivity index (χ1n) is 5.03. The number of carbonyl (C=O) groups is 1. The summed E-state index contributed by atoms with van der Waals surface area (Å²) in [5.41, 5.74) is 7.18. The summed E-state index contributed by atoms with van der Waals surface area (Å²) in [6.45, 7) is 0.182. The van der Waals surface area contributed by atoms with Crippen molar-refractivity contribution in [1.29, 1.82) is 5.26 Å². The topological polar surface area (TPSA) is 85.3 Å². The number of carbonyl (C=O) groups excluding carboxylic acids is 1. The Morgan fingerprint density at radius 3 is 2.65 bits per heavy atom. The Morgan fingerprint density at radius 1 is 1.47 bits per heavy atom. The van der Waals surface area contributed by atoms with Crippen LogP contribution in [0.4, 0.5) is 0 Å². The standard InChI is InChI=1S/C12H14N2O3/c1-16-11-4-3-8(5-12(15)17-2)9(6-13)10(11)7-14/h3-4H,5,7,14H2,1-2H3. The summed E-state index contributed by atoms with van der Waals surface area (Å²) in [6, 6.07) is 5.42. The van der Waals surface area contributed by atoms with Crippen LogP contribution in [0.25, 0.3) is 0 Å². The Labute approximate surface area is 99.7 Å². The molecule has 0 aliphatic carbocycles. The second kappa shape index (κ2) is 5.87. The molecule has 0 saturated heterocycles. The first-order valence-corrected chi connectivity index (χ1v) is 5.03. The highest BCUT2D eigenvalue weighted by atomic mass is 16.5. The van der Waals surface area contributed by atoms with Crippen LogP contribution < -0.4 is 10.5 Å². The summed E-state index contributed by atoms with van der Waals surface area (Å²) in [5, 5.41) is 9.12. The van der Waals surface area contributed by atoms with Crippen molar-refractivity contribution in [2.24, 2.45) is 5.73 Å². The molecule has 0 aromatic heterocycles. The largest absolute Gasteiger partial charge is 0.496 e. The monoisotopic (exact) mass is 234 g/mol. The maximum Gasteiger partial charge on any atom is 0.310 e. The van der Waals surface area contributed by atoms with E-state index in [0.29, 0.717) is 22.4 Å². The van der Waals surface area contributed by atoms with Crippen molar-refractivity contribution in [2.75, 3.05) is 14.2 Å². The Hall–Kier alpha value is -2.06. The molecule has 5 heteroatoms. The quantitative estimate of drug-likeness (QED) is 0.776. The van der Waals surface area contributed by atoms with Crippen LogP contribution in [0.15, 0.2) is 12.1 Å². The van der Waals surface area contributed by atoms with Gasteiger partial charge in [-0.3, -0.25) is 4.79 Å². The van der Waals surface area contributed by atoms with Crippen molar-refractivity contribution in [3.8, 4) is 11.8 Å². The lowest BCUT2D eigenvalue weighted by atomic mass is 9.98. The summed E-state index contributed by atoms with van der Waals surface area (Å²) in [5.74, 6) is 0.160. The molecule has 1 aromatic rings. The molecule has 1 aromatic carbocycles. The molecule has 0 aliphatic heterocycles. The zero-order valence-corrected chi connectivity index (χ0v) is 9.82. The molecule has 0 atom stereocenters. The van der Waals surface area contributed by atoms with Crippen molar-refractivity contribution < 1.29 is 14.3 Å². The second-order valence-electron chi connectivity index (χ2n) is 3.35. The number of nitrogens with zero attached hydrogens (tertiary/aromatic N) is 1. The molecule has 0 saturated carbocycles. The van der Waals surface area contributed by atoms with Gasteiger partial charge in [0.15, 0.2) is 0 Å². The van der Waals surface area contributed by atoms with E-state index in [1.165, 1.54) is 14.2 Å². The van der Waals surface area contributed by atoms with Crippen molar-refractivity contribution in [3.63, 3.8) is 0 Å². The number of ether oxygens (including phenoxy) is 2. The molecule has 0 radical (unpaired) electrons. The fourth-order valence-electron chi connectivity index (χ4n) is 1.59. The average Bonchev–Trinajstić information content (AvgIpc) is 2.37. The molecule has 90 valence electrons. The minimum absolute atomic E-state index is 0.0520. The van der Waals surface area contributed by atoms with Crippen molar-refractivity contribution in [1.82, 2.24) is 0 Å². The van der Waals surface area contributed by atoms with Crippen LogP contribution in [0.5, 0.6) is 5.75 Å². The highest BCUT2D eigenvalue weighted by Crippen LogP contribution is 2.25. The molecular formula is C12H14N2O3. The zero-order valence-electron chi connectivity index (χ0n) is 9.82. The molecule has 1 rings (SSSR count). The van der Waals surface area contributed by atoms with Crippen LogP contribution in [0.3, 0.4) is 0 Å². The number of esters is 1. The van der Waals surface area contributed by atoms with Crippen molar-refractivity contribution >= 4 is 5.97 Å². The van der Waals surface area contributed by atoms with E-state index >= 15 is 0 Å². The lowest BCUT2D eigenvalue weighted by molar-refractivity contribution is -0.139. The SMILES string of the molecule is COC(=O)Cc1ccc(OC)c(CN)c1C#N. The van der Waals surface area contributed by atoms with Crippen LogP contribution in [0.1, 0.15) is 16.7 Å². The first kappa shape index (κ1) is 13.0. The highest BCUT2D eigenvalue weighted by Gasteiger charge is 2.15. The molecule has 0 unspecified atom stereocenters. The van der Waals surface area contributed by atoms with Gasteiger partial charge in [0.25, 0.3) is 0 Å². The van der Waals surface area contributed by atoms with Crippen LogP contribution in [-0.4, -0.2) is 20.2 Å². The number of nitriles is 1. The molecule has 0 fully saturated rings. The Morgan fingerprint density at radius 2 is 2.18 bits per heavy atom. The first-order chi connectivity index (χ1) is 8.17. The summed E-state index contributed by atoms with van der Waals surface area (Å²) >= 11 is 0. The molecule has 0 bridgehead atoms. The van der Waals surface area contributed by atoms with E-state index in [-0.39, 0.29) is 13.0 Å². The third-order valence-corrected chi connectivity index (χ3v) is 2.45. The van der Waals surface area contributed by atoms with Crippen molar-refractivity contribution in [3.05, 3.63) is 28.8 Å². The fraction of sp³-hybridized carbons (Fsp3) is 0.333. The smallest absolute Gasteiger partial charge is 0.310 e. The summed E-state index contributed by atoms with van der Waals surface area (Å²) < 4.78 is 9.69. The van der Waals surface area contributed by atoms with Gasteiger partial charge in [0, 0.05) is 12.1 Å². The van der Waals surface area contributed by atoms with Gasteiger partial charge in [0.1, 0.15) is 5.75 Å². The lowest BCUT2D eigenvalue weighted by Crippen LogP contribution is -2.10. The highest BCUT2D eigenvalue weighted by molar-refractivity contribution is 5.74. The Bertz CT molecular complexity index is 464. The predicted octanol–water partition coefficient (Wildman–Crippen LogP) is 0.741. The number of benzene rings is 1. The summed E-state index contributed by atoms with van der Waals surface area (Å²) in [6.07, 6.45) is 0.0520. The average molecular weight is 234 g/mol. The van der Waals surface area contributed by atoms with Gasteiger partial charge >= 0.3 is 5.97 Å². The van der Waals surface area contributed by atoms with Gasteiger partial charge in [-0.2, -0.15) is 5.26 Å². The molecule has 2 N–H and O–H groups in total. The maximum atomic E-state index is 11.2. The molecule has 5 nitrogen and oxygen atoms in total. The maximum absolute atomic E-state index is 11.2. The Balaban J connectivity index is 3.24. The Kier molecular flexibility index (Phi) is 4.49. The van der Waals surface area contributed by atoms with E-state index < -0.39 is 5.97 Å². The molecule has 0 heterocycles. The van der Waals surface area contributed by atoms with Gasteiger partial charge in [-0.1, -0.05) is 6.07 Å². The zero-order chi connectivity index (χ0) is 12.8. The van der Waals surface area contributed by atoms with Gasteiger partial charge in [0.05, 0.1) is 32.3 Å². The normalized spacial score (nSPS) is 9.53. The van der Waals surface area contributed by atoms with Gasteiger partial charge in [-0.25, -0.2) is 0 Å². The van der Waals surface area contributed by atoms with Crippen LogP contribution in [-0.2, 0) is 22.5 Å². The van der Waals surface area contributed by atoms with E-state index in [4.69, 9.17) is 15.7 Å². The van der Waals surface area contributed by atoms with Crippen LogP contribution in [0.2, 0.25) is 0 Å². The van der Waals surface area contributed by atoms with Crippen LogP contribution >= 0.6 is 0 Å². The van der Waals surface area contributed by atoms with Crippen molar-refractivity contribution in [2.45, 2.75) is 13.0 Å². The van der Waals surface area contributed by atoms with E-state index in [9.17, 15) is 4.79 Å². The minimum Gasteiger partial charge on any atom is -0.496 e. The lowest BCUT2D eigenvalue weighted by Gasteiger charge is -2.11. The predicted molar refractivity (Wildman–Crippen MR) is 61.3 cm³/mol. The third kappa shape index (κ3) is 2.74. The van der Waals surface area contributed by atoms with Gasteiger partial charge in [0.2, 0.25) is 0 Å². The second-order valence-corrected chi connectivity index (χ2v) is 3.35. The van der Waals surface area contributed by atoms with Gasteiger partial charge < -0.3 is 15.2 Å². The molecule has 0 spiro atoms. The van der Waals surface area contributed by atoms with E-state index in [1.807, 2.05) is 0 Å². The van der Waals surface area contributed by atoms with E-state index in [0.717, 1.165) is 0 Å². The van der Waals surface area contributed by atoms with Gasteiger partial charge in [-0.15, -0.1) is 0 Å². The number of methoxy groups -OCH3 is 2. The van der Waals surface area contributed by atoms with E-state index in [2.05, 4.69) is 10.8 Å². The third-order valence-electron chi connectivity index (χ3n) is 2.45. The molecule has 0 aliphatic rings. The van der Waals surface area contributed by atoms with Gasteiger partial charge in [-0.05, 0) is 11.6 Å².